The number of imidazole rings is 1. The summed E-state index contributed by atoms with van der Waals surface area (Å²) in [4.78, 5) is 30.9. The number of urea groups is 1. The van der Waals surface area contributed by atoms with Crippen LogP contribution in [0.4, 0.5) is 9.93 Å². The topological polar surface area (TPSA) is 97.6 Å². The van der Waals surface area contributed by atoms with E-state index in [1.807, 2.05) is 43.3 Å². The van der Waals surface area contributed by atoms with Crippen LogP contribution in [0, 0.1) is 13.8 Å². The van der Waals surface area contributed by atoms with Crippen molar-refractivity contribution in [1.29, 1.82) is 0 Å². The molecule has 3 rings (SSSR count). The van der Waals surface area contributed by atoms with E-state index < -0.39 is 0 Å². The molecule has 10 heteroatoms. The number of amides is 2. The number of aromatic nitrogens is 5. The molecular formula is C19H25N7OS2. The largest absolute Gasteiger partial charge is 0.337 e. The van der Waals surface area contributed by atoms with Gasteiger partial charge in [-0.15, -0.1) is 0 Å². The first-order valence-corrected chi connectivity index (χ1v) is 11.3. The average Bonchev–Trinajstić information content (AvgIpc) is 3.28. The molecule has 3 aromatic heterocycles. The van der Waals surface area contributed by atoms with E-state index in [9.17, 15) is 4.79 Å². The summed E-state index contributed by atoms with van der Waals surface area (Å²) in [5, 5.41) is 6.93. The molecule has 0 aliphatic rings. The van der Waals surface area contributed by atoms with Gasteiger partial charge in [0, 0.05) is 30.9 Å². The van der Waals surface area contributed by atoms with Crippen LogP contribution < -0.4 is 10.6 Å². The fourth-order valence-corrected chi connectivity index (χ4v) is 4.02. The van der Waals surface area contributed by atoms with Gasteiger partial charge in [-0.05, 0) is 40.0 Å². The van der Waals surface area contributed by atoms with Crippen molar-refractivity contribution in [3.63, 3.8) is 0 Å². The highest BCUT2D eigenvalue weighted by atomic mass is 32.2. The summed E-state index contributed by atoms with van der Waals surface area (Å²) < 4.78 is 2.05. The highest BCUT2D eigenvalue weighted by Crippen LogP contribution is 2.32. The number of carbonyl (C=O) groups is 1. The quantitative estimate of drug-likeness (QED) is 0.432. The number of rotatable bonds is 7. The van der Waals surface area contributed by atoms with Crippen molar-refractivity contribution in [2.75, 3.05) is 18.1 Å². The van der Waals surface area contributed by atoms with Crippen LogP contribution in [0.15, 0.2) is 23.7 Å². The van der Waals surface area contributed by atoms with Gasteiger partial charge in [0.15, 0.2) is 10.3 Å². The molecule has 2 amide bonds. The van der Waals surface area contributed by atoms with E-state index in [0.717, 1.165) is 32.8 Å². The van der Waals surface area contributed by atoms with E-state index in [1.54, 1.807) is 0 Å². The maximum atomic E-state index is 12.2. The number of hydrogen-bond acceptors (Lipinski definition) is 7. The molecule has 0 aliphatic heterocycles. The summed E-state index contributed by atoms with van der Waals surface area (Å²) in [5.74, 6) is 0. The Hall–Kier alpha value is -2.46. The van der Waals surface area contributed by atoms with Crippen LogP contribution in [-0.2, 0) is 6.42 Å². The highest BCUT2D eigenvalue weighted by molar-refractivity contribution is 7.98. The molecule has 0 bridgehead atoms. The Labute approximate surface area is 178 Å². The molecular weight excluding hydrogens is 406 g/mol. The second-order valence-corrected chi connectivity index (χ2v) is 8.62. The minimum atomic E-state index is -0.280. The van der Waals surface area contributed by atoms with Crippen molar-refractivity contribution in [2.24, 2.45) is 0 Å². The van der Waals surface area contributed by atoms with Gasteiger partial charge in [0.1, 0.15) is 0 Å². The maximum absolute atomic E-state index is 12.2. The van der Waals surface area contributed by atoms with Crippen LogP contribution in [0.1, 0.15) is 37.0 Å². The van der Waals surface area contributed by atoms with Crippen LogP contribution in [0.2, 0.25) is 0 Å². The molecule has 0 saturated heterocycles. The van der Waals surface area contributed by atoms with Crippen molar-refractivity contribution in [3.05, 3.63) is 35.7 Å². The first-order chi connectivity index (χ1) is 13.9. The Balaban J connectivity index is 1.58. The second kappa shape index (κ2) is 9.36. The Bertz CT molecular complexity index is 996. The van der Waals surface area contributed by atoms with Crippen molar-refractivity contribution in [2.45, 2.75) is 45.3 Å². The Morgan fingerprint density at radius 3 is 2.76 bits per heavy atom. The summed E-state index contributed by atoms with van der Waals surface area (Å²) in [6.07, 6.45) is 6.44. The lowest BCUT2D eigenvalue weighted by atomic mass is 10.2. The number of carbonyl (C=O) groups excluding carboxylic acids is 1. The molecule has 0 unspecified atom stereocenters. The zero-order chi connectivity index (χ0) is 21.0. The fraction of sp³-hybridized carbons (Fsp3) is 0.421. The third-order valence-corrected chi connectivity index (χ3v) is 5.83. The summed E-state index contributed by atoms with van der Waals surface area (Å²) in [5.41, 5.74) is 3.51. The molecule has 0 spiro atoms. The lowest BCUT2D eigenvalue weighted by Crippen LogP contribution is -2.30. The van der Waals surface area contributed by atoms with E-state index in [1.165, 1.54) is 23.1 Å². The van der Waals surface area contributed by atoms with E-state index >= 15 is 0 Å². The lowest BCUT2D eigenvalue weighted by molar-refractivity contribution is 0.252. The van der Waals surface area contributed by atoms with Crippen LogP contribution >= 0.6 is 23.1 Å². The molecule has 0 radical (unpaired) electrons. The minimum absolute atomic E-state index is 0.280. The minimum Gasteiger partial charge on any atom is -0.337 e. The summed E-state index contributed by atoms with van der Waals surface area (Å²) >= 11 is 2.91. The van der Waals surface area contributed by atoms with Crippen LogP contribution in [0.3, 0.4) is 0 Å². The third kappa shape index (κ3) is 5.54. The lowest BCUT2D eigenvalue weighted by Gasteiger charge is -2.05. The first kappa shape index (κ1) is 21.3. The van der Waals surface area contributed by atoms with E-state index in [2.05, 4.69) is 44.4 Å². The zero-order valence-corrected chi connectivity index (χ0v) is 18.8. The molecule has 0 fully saturated rings. The smallest absolute Gasteiger partial charge is 0.321 e. The first-order valence-electron chi connectivity index (χ1n) is 9.30. The Morgan fingerprint density at radius 1 is 1.28 bits per heavy atom. The monoisotopic (exact) mass is 431 g/mol. The van der Waals surface area contributed by atoms with Crippen molar-refractivity contribution in [1.82, 2.24) is 29.8 Å². The van der Waals surface area contributed by atoms with E-state index in [0.29, 0.717) is 24.1 Å². The number of nitrogens with one attached hydrogen (secondary N) is 2. The summed E-state index contributed by atoms with van der Waals surface area (Å²) in [6, 6.07) is 2.03. The third-order valence-electron chi connectivity index (χ3n) is 4.18. The molecule has 0 atom stereocenters. The SMILES string of the molecule is CSc1nc(C)cc(-c2sc(NC(=O)NCCc3cn(C(C)C)cn3)nc2C)n1. The second-order valence-electron chi connectivity index (χ2n) is 6.85. The zero-order valence-electron chi connectivity index (χ0n) is 17.2. The normalized spacial score (nSPS) is 11.1. The maximum Gasteiger partial charge on any atom is 0.321 e. The van der Waals surface area contributed by atoms with Crippen LogP contribution in [-0.4, -0.2) is 43.3 Å². The molecule has 29 heavy (non-hydrogen) atoms. The highest BCUT2D eigenvalue weighted by Gasteiger charge is 2.14. The van der Waals surface area contributed by atoms with E-state index in [-0.39, 0.29) is 6.03 Å². The number of nitrogens with zero attached hydrogens (tertiary/aromatic N) is 5. The summed E-state index contributed by atoms with van der Waals surface area (Å²) in [7, 11) is 0. The van der Waals surface area contributed by atoms with Gasteiger partial charge in [-0.3, -0.25) is 5.32 Å². The van der Waals surface area contributed by atoms with Gasteiger partial charge in [-0.1, -0.05) is 23.1 Å². The molecule has 154 valence electrons. The van der Waals surface area contributed by atoms with Gasteiger partial charge in [-0.2, -0.15) is 0 Å². The molecule has 3 heterocycles. The fourth-order valence-electron chi connectivity index (χ4n) is 2.67. The van der Waals surface area contributed by atoms with Gasteiger partial charge in [0.25, 0.3) is 0 Å². The average molecular weight is 432 g/mol. The number of thiazole rings is 1. The van der Waals surface area contributed by atoms with Crippen molar-refractivity contribution in [3.8, 4) is 10.6 Å². The number of anilines is 1. The Kier molecular flexibility index (Phi) is 6.86. The molecule has 0 saturated carbocycles. The molecule has 3 aromatic rings. The van der Waals surface area contributed by atoms with Crippen LogP contribution in [0.25, 0.3) is 10.6 Å². The number of aryl methyl sites for hydroxylation is 2. The Morgan fingerprint density at radius 2 is 2.07 bits per heavy atom. The van der Waals surface area contributed by atoms with Gasteiger partial charge in [0.2, 0.25) is 0 Å². The van der Waals surface area contributed by atoms with Crippen molar-refractivity contribution >= 4 is 34.3 Å². The molecule has 2 N–H and O–H groups in total. The van der Waals surface area contributed by atoms with Crippen molar-refractivity contribution < 1.29 is 4.79 Å². The predicted octanol–water partition coefficient (Wildman–Crippen LogP) is 4.08. The molecule has 0 aromatic carbocycles. The van der Waals surface area contributed by atoms with Gasteiger partial charge in [0.05, 0.1) is 28.3 Å². The number of hydrogen-bond donors (Lipinski definition) is 2. The number of thioether (sulfide) groups is 1. The predicted molar refractivity (Wildman–Crippen MR) is 118 cm³/mol. The summed E-state index contributed by atoms with van der Waals surface area (Å²) in [6.45, 7) is 8.56. The van der Waals surface area contributed by atoms with Gasteiger partial charge < -0.3 is 9.88 Å². The molecule has 8 nitrogen and oxygen atoms in total. The van der Waals surface area contributed by atoms with Gasteiger partial charge >= 0.3 is 6.03 Å². The van der Waals surface area contributed by atoms with Crippen LogP contribution in [0.5, 0.6) is 0 Å². The standard InChI is InChI=1S/C19H25N7OS2/c1-11(2)26-9-14(21-10-26)6-7-20-17(27)25-19-23-13(4)16(29-19)15-8-12(3)22-18(24-15)28-5/h8-11H,6-7H2,1-5H3,(H2,20,23,25,27). The van der Waals surface area contributed by atoms with E-state index in [4.69, 9.17) is 0 Å². The van der Waals surface area contributed by atoms with Gasteiger partial charge in [-0.25, -0.2) is 24.7 Å². The molecule has 0 aliphatic carbocycles.